The van der Waals surface area contributed by atoms with Crippen molar-refractivity contribution in [1.82, 2.24) is 0 Å². The zero-order valence-corrected chi connectivity index (χ0v) is 19.0. The molecule has 8 heteroatoms. The van der Waals surface area contributed by atoms with Crippen molar-refractivity contribution < 1.29 is 31.8 Å². The van der Waals surface area contributed by atoms with Gasteiger partial charge in [0.25, 0.3) is 0 Å². The Morgan fingerprint density at radius 2 is 1.39 bits per heavy atom. The Kier molecular flexibility index (Phi) is 8.89. The third kappa shape index (κ3) is 8.06. The molecule has 0 saturated carbocycles. The second-order valence-electron chi connectivity index (χ2n) is 7.33. The lowest BCUT2D eigenvalue weighted by Gasteiger charge is -2.11. The number of hydrogen-bond acceptors (Lipinski definition) is 4. The predicted octanol–water partition coefficient (Wildman–Crippen LogP) is 7.64. The minimum Gasteiger partial charge on any atom is -0.458 e. The first-order chi connectivity index (χ1) is 17.3. The monoisotopic (exact) mass is 495 g/mol. The fraction of sp³-hybridized carbons (Fsp3) is 0.107. The van der Waals surface area contributed by atoms with Crippen molar-refractivity contribution in [2.45, 2.75) is 12.8 Å². The molecule has 0 unspecified atom stereocenters. The molecule has 4 nitrogen and oxygen atoms in total. The molecular weight excluding hydrogens is 474 g/mol. The number of nitriles is 1. The van der Waals surface area contributed by atoms with Crippen LogP contribution in [-0.4, -0.2) is 13.2 Å². The maximum Gasteiger partial charge on any atom is 0.573 e. The van der Waals surface area contributed by atoms with Crippen molar-refractivity contribution in [3.8, 4) is 28.7 Å². The molecule has 0 spiro atoms. The van der Waals surface area contributed by atoms with Crippen LogP contribution in [0.3, 0.4) is 0 Å². The largest absolute Gasteiger partial charge is 0.573 e. The molecule has 184 valence electrons. The van der Waals surface area contributed by atoms with Crippen molar-refractivity contribution >= 4 is 0 Å². The van der Waals surface area contributed by atoms with Crippen LogP contribution in [0.2, 0.25) is 0 Å². The lowest BCUT2D eigenvalue weighted by atomic mass is 10.0. The Labute approximate surface area is 206 Å². The Balaban J connectivity index is 1.50. The van der Waals surface area contributed by atoms with Crippen LogP contribution >= 0.6 is 0 Å². The van der Waals surface area contributed by atoms with Gasteiger partial charge < -0.3 is 14.2 Å². The molecule has 0 radical (unpaired) electrons. The van der Waals surface area contributed by atoms with E-state index >= 15 is 0 Å². The molecular formula is C28H21F4NO3. The van der Waals surface area contributed by atoms with Crippen LogP contribution in [0, 0.1) is 11.3 Å². The Morgan fingerprint density at radius 3 is 1.89 bits per heavy atom. The maximum atomic E-state index is 14.1. The van der Waals surface area contributed by atoms with E-state index in [1.165, 1.54) is 0 Å². The maximum absolute atomic E-state index is 14.1. The van der Waals surface area contributed by atoms with Gasteiger partial charge in [0.15, 0.2) is 11.6 Å². The second-order valence-corrected chi connectivity index (χ2v) is 7.33. The molecule has 0 aliphatic rings. The van der Waals surface area contributed by atoms with E-state index < -0.39 is 17.9 Å². The average Bonchev–Trinajstić information content (AvgIpc) is 2.87. The van der Waals surface area contributed by atoms with Crippen LogP contribution in [0.25, 0.3) is 11.1 Å². The topological polar surface area (TPSA) is 51.5 Å². The summed E-state index contributed by atoms with van der Waals surface area (Å²) in [5.41, 5.74) is 3.21. The van der Waals surface area contributed by atoms with Crippen molar-refractivity contribution in [1.29, 1.82) is 5.26 Å². The highest BCUT2D eigenvalue weighted by atomic mass is 19.4. The fourth-order valence-electron chi connectivity index (χ4n) is 3.07. The van der Waals surface area contributed by atoms with E-state index in [1.54, 1.807) is 48.5 Å². The van der Waals surface area contributed by atoms with Gasteiger partial charge in [-0.1, -0.05) is 49.1 Å². The summed E-state index contributed by atoms with van der Waals surface area (Å²) in [5.74, 6) is -0.996. The van der Waals surface area contributed by atoms with Gasteiger partial charge in [0.05, 0.1) is 11.6 Å². The van der Waals surface area contributed by atoms with Crippen LogP contribution in [0.4, 0.5) is 17.6 Å². The summed E-state index contributed by atoms with van der Waals surface area (Å²) in [7, 11) is 0. The highest BCUT2D eigenvalue weighted by Crippen LogP contribution is 2.26. The molecule has 36 heavy (non-hydrogen) atoms. The van der Waals surface area contributed by atoms with Gasteiger partial charge in [-0.3, -0.25) is 0 Å². The molecule has 3 aromatic carbocycles. The van der Waals surface area contributed by atoms with Gasteiger partial charge in [0.1, 0.15) is 11.5 Å². The van der Waals surface area contributed by atoms with Crippen LogP contribution in [0.15, 0.2) is 109 Å². The number of ether oxygens (including phenoxy) is 3. The van der Waals surface area contributed by atoms with Gasteiger partial charge in [0.2, 0.25) is 6.79 Å². The van der Waals surface area contributed by atoms with E-state index in [0.717, 1.165) is 29.4 Å². The molecule has 3 aromatic rings. The normalized spacial score (nSPS) is 12.0. The minimum atomic E-state index is -5.01. The first-order valence-electron chi connectivity index (χ1n) is 10.7. The first kappa shape index (κ1) is 26.1. The first-order valence-corrected chi connectivity index (χ1v) is 10.7. The Hall–Kier alpha value is -4.51. The van der Waals surface area contributed by atoms with E-state index in [9.17, 15) is 17.6 Å². The predicted molar refractivity (Wildman–Crippen MR) is 127 cm³/mol. The van der Waals surface area contributed by atoms with Crippen molar-refractivity contribution in [2.24, 2.45) is 0 Å². The number of benzene rings is 3. The van der Waals surface area contributed by atoms with Gasteiger partial charge >= 0.3 is 6.36 Å². The van der Waals surface area contributed by atoms with Crippen LogP contribution in [0.1, 0.15) is 11.1 Å². The van der Waals surface area contributed by atoms with E-state index in [2.05, 4.69) is 17.4 Å². The molecule has 3 rings (SSSR count). The summed E-state index contributed by atoms with van der Waals surface area (Å²) in [5, 5.41) is 8.89. The zero-order valence-electron chi connectivity index (χ0n) is 19.0. The summed E-state index contributed by atoms with van der Waals surface area (Å²) in [6.07, 6.45) is -2.16. The molecule has 0 aliphatic heterocycles. The number of allylic oxidation sites excluding steroid dienone is 4. The SMILES string of the molecule is C=C/C=C(OC(F)(F)F)\C(F)=C/Cc1ccc(OCOc2ccc(-c3ccc(C#N)cc3)cc2)cc1. The molecule has 0 heterocycles. The molecule has 0 N–H and O–H groups in total. The van der Waals surface area contributed by atoms with Crippen molar-refractivity contribution in [3.05, 3.63) is 120 Å². The van der Waals surface area contributed by atoms with Gasteiger partial charge in [0, 0.05) is 0 Å². The molecule has 0 bridgehead atoms. The number of alkyl halides is 3. The van der Waals surface area contributed by atoms with E-state index in [-0.39, 0.29) is 13.2 Å². The Morgan fingerprint density at radius 1 is 0.861 bits per heavy atom. The number of nitrogens with zero attached hydrogens (tertiary/aromatic N) is 1. The van der Waals surface area contributed by atoms with Gasteiger partial charge in [-0.05, 0) is 71.7 Å². The van der Waals surface area contributed by atoms with Gasteiger partial charge in [-0.25, -0.2) is 4.39 Å². The third-order valence-electron chi connectivity index (χ3n) is 4.82. The molecule has 0 aromatic heterocycles. The summed E-state index contributed by atoms with van der Waals surface area (Å²) >= 11 is 0. The van der Waals surface area contributed by atoms with E-state index in [1.807, 2.05) is 24.3 Å². The highest BCUT2D eigenvalue weighted by Gasteiger charge is 2.33. The van der Waals surface area contributed by atoms with Crippen molar-refractivity contribution in [2.75, 3.05) is 6.79 Å². The Bertz CT molecular complexity index is 1250. The minimum absolute atomic E-state index is 0.0455. The molecule has 0 atom stereocenters. The standard InChI is InChI=1S/C28H21F4NO3/c1-2-3-27(36-28(30,31)32)26(29)17-8-20-6-13-24(14-7-20)34-19-35-25-15-11-23(12-16-25)22-9-4-21(18-33)5-10-22/h2-7,9-17H,1,8,19H2/b26-17+,27-3+. The molecule has 0 fully saturated rings. The number of rotatable bonds is 10. The summed E-state index contributed by atoms with van der Waals surface area (Å²) in [4.78, 5) is 0. The van der Waals surface area contributed by atoms with Crippen LogP contribution in [-0.2, 0) is 11.2 Å². The number of halogens is 4. The van der Waals surface area contributed by atoms with E-state index in [0.29, 0.717) is 22.6 Å². The third-order valence-corrected chi connectivity index (χ3v) is 4.82. The second kappa shape index (κ2) is 12.3. The lowest BCUT2D eigenvalue weighted by molar-refractivity contribution is -0.304. The van der Waals surface area contributed by atoms with Crippen LogP contribution in [0.5, 0.6) is 11.5 Å². The van der Waals surface area contributed by atoms with Crippen LogP contribution < -0.4 is 9.47 Å². The summed E-state index contributed by atoms with van der Waals surface area (Å²) in [6.45, 7) is 3.21. The van der Waals surface area contributed by atoms with Crippen molar-refractivity contribution in [3.63, 3.8) is 0 Å². The molecule has 0 aliphatic carbocycles. The fourth-order valence-corrected chi connectivity index (χ4v) is 3.07. The average molecular weight is 495 g/mol. The smallest absolute Gasteiger partial charge is 0.458 e. The molecule has 0 amide bonds. The summed E-state index contributed by atoms with van der Waals surface area (Å²) < 4.78 is 66.1. The zero-order chi connectivity index (χ0) is 26.0. The van der Waals surface area contributed by atoms with Gasteiger partial charge in [-0.2, -0.15) is 5.26 Å². The molecule has 0 saturated heterocycles. The number of hydrogen-bond donors (Lipinski definition) is 0. The summed E-state index contributed by atoms with van der Waals surface area (Å²) in [6, 6.07) is 23.4. The quantitative estimate of drug-likeness (QED) is 0.126. The van der Waals surface area contributed by atoms with Gasteiger partial charge in [-0.15, -0.1) is 13.2 Å². The lowest BCUT2D eigenvalue weighted by Crippen LogP contribution is -2.13. The highest BCUT2D eigenvalue weighted by molar-refractivity contribution is 5.64. The van der Waals surface area contributed by atoms with E-state index in [4.69, 9.17) is 14.7 Å².